The molecule has 4 aliphatic rings. The van der Waals surface area contributed by atoms with E-state index in [1.807, 2.05) is 35.2 Å². The first-order valence-corrected chi connectivity index (χ1v) is 15.6. The van der Waals surface area contributed by atoms with Crippen LogP contribution in [0.3, 0.4) is 0 Å². The van der Waals surface area contributed by atoms with Crippen molar-refractivity contribution in [2.45, 2.75) is 76.5 Å². The van der Waals surface area contributed by atoms with Crippen molar-refractivity contribution in [3.63, 3.8) is 0 Å². The number of piperidine rings is 3. The van der Waals surface area contributed by atoms with E-state index >= 15 is 0 Å². The lowest BCUT2D eigenvalue weighted by Gasteiger charge is -2.36. The minimum absolute atomic E-state index is 0.0510. The van der Waals surface area contributed by atoms with Crippen LogP contribution in [0.5, 0.6) is 11.5 Å². The number of fused-ring (bicyclic) bond motifs is 1. The molecular formula is C33H40N4O6. The van der Waals surface area contributed by atoms with Gasteiger partial charge in [-0.15, -0.1) is 0 Å². The maximum atomic E-state index is 13.0. The first-order chi connectivity index (χ1) is 21.0. The number of hydrogen-bond donors (Lipinski definition) is 1. The Morgan fingerprint density at radius 1 is 0.907 bits per heavy atom. The molecule has 0 bridgehead atoms. The second-order valence-electron chi connectivity index (χ2n) is 12.0. The number of imide groups is 1. The van der Waals surface area contributed by atoms with Crippen molar-refractivity contribution >= 4 is 23.6 Å². The number of carbonyl (C=O) groups excluding carboxylic acids is 4. The summed E-state index contributed by atoms with van der Waals surface area (Å²) in [5, 5.41) is 2.35. The zero-order valence-electron chi connectivity index (χ0n) is 24.6. The van der Waals surface area contributed by atoms with Gasteiger partial charge in [0.15, 0.2) is 6.61 Å². The van der Waals surface area contributed by atoms with E-state index in [1.54, 1.807) is 11.0 Å². The summed E-state index contributed by atoms with van der Waals surface area (Å²) in [5.74, 6) is 0.607. The summed E-state index contributed by atoms with van der Waals surface area (Å²) in [7, 11) is 0. The molecule has 3 fully saturated rings. The highest BCUT2D eigenvalue weighted by atomic mass is 16.5. The van der Waals surface area contributed by atoms with Crippen LogP contribution in [0, 0.1) is 0 Å². The molecule has 43 heavy (non-hydrogen) atoms. The number of carbonyl (C=O) groups is 4. The zero-order valence-corrected chi connectivity index (χ0v) is 24.6. The highest BCUT2D eigenvalue weighted by Gasteiger charge is 2.39. The molecule has 2 aromatic rings. The molecule has 4 amide bonds. The third-order valence-electron chi connectivity index (χ3n) is 9.09. The summed E-state index contributed by atoms with van der Waals surface area (Å²) in [6.45, 7) is 4.20. The summed E-state index contributed by atoms with van der Waals surface area (Å²) in [6, 6.07) is 13.0. The van der Waals surface area contributed by atoms with E-state index in [-0.39, 0.29) is 36.8 Å². The van der Waals surface area contributed by atoms with Crippen LogP contribution in [0.1, 0.15) is 72.9 Å². The molecule has 2 aromatic carbocycles. The van der Waals surface area contributed by atoms with Crippen molar-refractivity contribution in [2.75, 3.05) is 32.8 Å². The Labute approximate surface area is 252 Å². The fraction of sp³-hybridized carbons (Fsp3) is 0.515. The molecule has 2 atom stereocenters. The van der Waals surface area contributed by atoms with E-state index in [0.29, 0.717) is 37.4 Å². The quantitative estimate of drug-likeness (QED) is 0.448. The summed E-state index contributed by atoms with van der Waals surface area (Å²) in [6.07, 6.45) is 7.14. The summed E-state index contributed by atoms with van der Waals surface area (Å²) in [5.41, 5.74) is 2.47. The number of benzene rings is 2. The fourth-order valence-electron chi connectivity index (χ4n) is 6.66. The number of ether oxygens (including phenoxy) is 2. The second kappa shape index (κ2) is 13.2. The van der Waals surface area contributed by atoms with Gasteiger partial charge in [0.2, 0.25) is 11.8 Å². The van der Waals surface area contributed by atoms with Gasteiger partial charge in [-0.3, -0.25) is 29.4 Å². The van der Waals surface area contributed by atoms with Crippen molar-refractivity contribution in [1.29, 1.82) is 0 Å². The van der Waals surface area contributed by atoms with Crippen molar-refractivity contribution in [3.8, 4) is 11.5 Å². The van der Waals surface area contributed by atoms with Gasteiger partial charge in [-0.05, 0) is 74.9 Å². The number of nitrogens with one attached hydrogen (secondary N) is 1. The fourth-order valence-corrected chi connectivity index (χ4v) is 6.66. The Hall–Kier alpha value is -3.92. The molecule has 0 aliphatic carbocycles. The van der Waals surface area contributed by atoms with Gasteiger partial charge in [-0.25, -0.2) is 0 Å². The number of rotatable bonds is 9. The maximum Gasteiger partial charge on any atom is 0.260 e. The van der Waals surface area contributed by atoms with Gasteiger partial charge in [0, 0.05) is 49.8 Å². The molecule has 1 N–H and O–H groups in total. The van der Waals surface area contributed by atoms with E-state index in [0.717, 1.165) is 68.6 Å². The molecule has 4 aliphatic heterocycles. The molecule has 6 rings (SSSR count). The Morgan fingerprint density at radius 3 is 2.56 bits per heavy atom. The van der Waals surface area contributed by atoms with E-state index in [9.17, 15) is 19.2 Å². The monoisotopic (exact) mass is 588 g/mol. The summed E-state index contributed by atoms with van der Waals surface area (Å²) < 4.78 is 12.3. The molecule has 0 aromatic heterocycles. The molecule has 228 valence electrons. The lowest BCUT2D eigenvalue weighted by Crippen LogP contribution is -2.52. The Bertz CT molecular complexity index is 1370. The Kier molecular flexibility index (Phi) is 8.92. The van der Waals surface area contributed by atoms with Gasteiger partial charge in [0.1, 0.15) is 24.1 Å². The van der Waals surface area contributed by atoms with Crippen LogP contribution in [0.4, 0.5) is 0 Å². The van der Waals surface area contributed by atoms with Crippen molar-refractivity contribution < 1.29 is 28.7 Å². The second-order valence-corrected chi connectivity index (χ2v) is 12.0. The first kappa shape index (κ1) is 29.2. The van der Waals surface area contributed by atoms with Gasteiger partial charge < -0.3 is 19.3 Å². The van der Waals surface area contributed by atoms with Crippen LogP contribution in [0.2, 0.25) is 0 Å². The molecule has 4 heterocycles. The molecule has 10 heteroatoms. The number of para-hydroxylation sites is 1. The Morgan fingerprint density at radius 2 is 1.72 bits per heavy atom. The number of hydrogen-bond acceptors (Lipinski definition) is 7. The average molecular weight is 589 g/mol. The van der Waals surface area contributed by atoms with E-state index in [1.165, 1.54) is 6.42 Å². The third kappa shape index (κ3) is 6.69. The number of nitrogens with zero attached hydrogens (tertiary/aromatic N) is 3. The van der Waals surface area contributed by atoms with Gasteiger partial charge >= 0.3 is 0 Å². The molecule has 0 spiro atoms. The van der Waals surface area contributed by atoms with Crippen molar-refractivity contribution in [3.05, 3.63) is 59.2 Å². The van der Waals surface area contributed by atoms with Gasteiger partial charge in [0.25, 0.3) is 11.8 Å². The standard InChI is InChI=1S/C33H40N4O6/c38-30-14-13-28(32(40)34-30)37-20-24-18-26(11-12-27(24)33(37)41)42-21-25-9-4-7-17-36(25)19-23-8-2-3-10-29(23)43-22-31(39)35-15-5-1-6-16-35/h2-3,8,10-12,18,25,28H,1,4-7,9,13-17,19-22H2,(H,34,38,40)/t25-,28?/m0/s1. The molecule has 10 nitrogen and oxygen atoms in total. The van der Waals surface area contributed by atoms with E-state index < -0.39 is 11.9 Å². The smallest absolute Gasteiger partial charge is 0.260 e. The number of amides is 4. The maximum absolute atomic E-state index is 13.0. The summed E-state index contributed by atoms with van der Waals surface area (Å²) in [4.78, 5) is 55.5. The van der Waals surface area contributed by atoms with E-state index in [2.05, 4.69) is 16.3 Å². The Balaban J connectivity index is 1.06. The lowest BCUT2D eigenvalue weighted by molar-refractivity contribution is -0.137. The molecule has 0 saturated carbocycles. The molecule has 1 unspecified atom stereocenters. The third-order valence-corrected chi connectivity index (χ3v) is 9.09. The normalized spacial score (nSPS) is 22.7. The lowest BCUT2D eigenvalue weighted by atomic mass is 10.0. The van der Waals surface area contributed by atoms with Gasteiger partial charge in [-0.1, -0.05) is 24.6 Å². The van der Waals surface area contributed by atoms with Crippen LogP contribution in [-0.4, -0.2) is 83.3 Å². The SMILES string of the molecule is O=C1CCC(N2Cc3cc(OC[C@@H]4CCCCN4Cc4ccccc4OCC(=O)N4CCCCC4)ccc3C2=O)C(=O)N1. The van der Waals surface area contributed by atoms with E-state index in [4.69, 9.17) is 9.47 Å². The van der Waals surface area contributed by atoms with Crippen LogP contribution in [-0.2, 0) is 27.5 Å². The van der Waals surface area contributed by atoms with Gasteiger partial charge in [0.05, 0.1) is 0 Å². The highest BCUT2D eigenvalue weighted by Crippen LogP contribution is 2.31. The minimum Gasteiger partial charge on any atom is -0.492 e. The molecule has 3 saturated heterocycles. The van der Waals surface area contributed by atoms with Crippen molar-refractivity contribution in [2.24, 2.45) is 0 Å². The number of likely N-dealkylation sites (tertiary alicyclic amines) is 2. The molecular weight excluding hydrogens is 548 g/mol. The largest absolute Gasteiger partial charge is 0.492 e. The summed E-state index contributed by atoms with van der Waals surface area (Å²) >= 11 is 0. The predicted molar refractivity (Wildman–Crippen MR) is 158 cm³/mol. The highest BCUT2D eigenvalue weighted by molar-refractivity contribution is 6.05. The average Bonchev–Trinajstić information content (AvgIpc) is 3.35. The predicted octanol–water partition coefficient (Wildman–Crippen LogP) is 3.27. The minimum atomic E-state index is -0.632. The zero-order chi connectivity index (χ0) is 29.8. The topological polar surface area (TPSA) is 108 Å². The van der Waals surface area contributed by atoms with Crippen LogP contribution in [0.15, 0.2) is 42.5 Å². The van der Waals surface area contributed by atoms with Crippen molar-refractivity contribution in [1.82, 2.24) is 20.0 Å². The van der Waals surface area contributed by atoms with Crippen LogP contribution < -0.4 is 14.8 Å². The molecule has 0 radical (unpaired) electrons. The first-order valence-electron chi connectivity index (χ1n) is 15.6. The van der Waals surface area contributed by atoms with Crippen LogP contribution in [0.25, 0.3) is 0 Å². The van der Waals surface area contributed by atoms with Crippen LogP contribution >= 0.6 is 0 Å². The van der Waals surface area contributed by atoms with Gasteiger partial charge in [-0.2, -0.15) is 0 Å².